The fourth-order valence-corrected chi connectivity index (χ4v) is 4.08. The first-order valence-electron chi connectivity index (χ1n) is 10.7. The van der Waals surface area contributed by atoms with Crippen LogP contribution in [0.15, 0.2) is 115 Å². The number of aromatic amines is 1. The Balaban J connectivity index is 1.55. The van der Waals surface area contributed by atoms with Crippen molar-refractivity contribution in [1.82, 2.24) is 15.3 Å². The van der Waals surface area contributed by atoms with Crippen molar-refractivity contribution < 1.29 is 4.79 Å². The second-order valence-electron chi connectivity index (χ2n) is 7.75. The van der Waals surface area contributed by atoms with E-state index < -0.39 is 12.0 Å². The van der Waals surface area contributed by atoms with Crippen molar-refractivity contribution in [3.8, 4) is 0 Å². The van der Waals surface area contributed by atoms with Crippen LogP contribution in [0.1, 0.15) is 34.5 Å². The van der Waals surface area contributed by atoms with Crippen molar-refractivity contribution in [2.24, 2.45) is 0 Å². The van der Waals surface area contributed by atoms with Crippen LogP contribution in [0.3, 0.4) is 0 Å². The molecule has 4 aromatic carbocycles. The van der Waals surface area contributed by atoms with Gasteiger partial charge in [0.05, 0.1) is 17.0 Å². The van der Waals surface area contributed by atoms with Crippen molar-refractivity contribution in [1.29, 1.82) is 0 Å². The van der Waals surface area contributed by atoms with Gasteiger partial charge in [0.1, 0.15) is 11.9 Å². The van der Waals surface area contributed by atoms with Gasteiger partial charge in [-0.2, -0.15) is 0 Å². The van der Waals surface area contributed by atoms with Crippen LogP contribution in [0, 0.1) is 0 Å². The molecule has 1 unspecified atom stereocenters. The van der Waals surface area contributed by atoms with Gasteiger partial charge in [-0.1, -0.05) is 103 Å². The largest absolute Gasteiger partial charge is 0.341 e. The van der Waals surface area contributed by atoms with E-state index in [1.54, 1.807) is 0 Å². The number of para-hydroxylation sites is 2. The molecule has 0 radical (unpaired) electrons. The molecule has 1 amide bonds. The number of carbonyl (C=O) groups is 1. The molecule has 0 saturated carbocycles. The number of nitrogens with one attached hydrogen (secondary N) is 2. The Hall–Kier alpha value is -4.18. The van der Waals surface area contributed by atoms with Crippen molar-refractivity contribution in [3.05, 3.63) is 138 Å². The maximum Gasteiger partial charge on any atom is 0.232 e. The standard InChI is InChI=1S/C28H23N3O/c32-28(25(20-12-4-1-5-13-20)21-14-6-2-7-15-21)31-26(22-16-8-3-9-17-22)27-29-23-18-10-11-19-24(23)30-27/h1-19,25-26H,(H,29,30)(H,31,32). The number of benzene rings is 4. The van der Waals surface area contributed by atoms with E-state index in [4.69, 9.17) is 4.98 Å². The lowest BCUT2D eigenvalue weighted by atomic mass is 9.90. The Morgan fingerprint density at radius 3 is 1.72 bits per heavy atom. The van der Waals surface area contributed by atoms with Gasteiger partial charge in [0.15, 0.2) is 0 Å². The first-order valence-corrected chi connectivity index (χ1v) is 10.7. The fourth-order valence-electron chi connectivity index (χ4n) is 4.08. The number of H-pyrrole nitrogens is 1. The summed E-state index contributed by atoms with van der Waals surface area (Å²) in [4.78, 5) is 21.9. The molecule has 1 aromatic heterocycles. The second-order valence-corrected chi connectivity index (χ2v) is 7.75. The summed E-state index contributed by atoms with van der Waals surface area (Å²) in [6.45, 7) is 0. The van der Waals surface area contributed by atoms with Crippen LogP contribution in [-0.4, -0.2) is 15.9 Å². The molecule has 0 bridgehead atoms. The molecule has 0 spiro atoms. The highest BCUT2D eigenvalue weighted by Gasteiger charge is 2.27. The van der Waals surface area contributed by atoms with Gasteiger partial charge in [-0.05, 0) is 28.8 Å². The fraction of sp³-hybridized carbons (Fsp3) is 0.0714. The van der Waals surface area contributed by atoms with Crippen molar-refractivity contribution in [2.75, 3.05) is 0 Å². The molecule has 1 heterocycles. The molecule has 5 rings (SSSR count). The van der Waals surface area contributed by atoms with Crippen molar-refractivity contribution in [3.63, 3.8) is 0 Å². The number of aromatic nitrogens is 2. The second kappa shape index (κ2) is 8.90. The maximum atomic E-state index is 13.8. The number of nitrogens with zero attached hydrogens (tertiary/aromatic N) is 1. The highest BCUT2D eigenvalue weighted by Crippen LogP contribution is 2.28. The maximum absolute atomic E-state index is 13.8. The van der Waals surface area contributed by atoms with Gasteiger partial charge in [0, 0.05) is 0 Å². The summed E-state index contributed by atoms with van der Waals surface area (Å²) in [6.07, 6.45) is 0. The van der Waals surface area contributed by atoms with E-state index in [2.05, 4.69) is 10.3 Å². The lowest BCUT2D eigenvalue weighted by Crippen LogP contribution is -2.34. The number of amides is 1. The number of imidazole rings is 1. The Labute approximate surface area is 187 Å². The van der Waals surface area contributed by atoms with E-state index in [9.17, 15) is 4.79 Å². The molecule has 0 aliphatic carbocycles. The summed E-state index contributed by atoms with van der Waals surface area (Å²) >= 11 is 0. The van der Waals surface area contributed by atoms with Crippen LogP contribution < -0.4 is 5.32 Å². The molecule has 32 heavy (non-hydrogen) atoms. The monoisotopic (exact) mass is 417 g/mol. The number of carbonyl (C=O) groups excluding carboxylic acids is 1. The van der Waals surface area contributed by atoms with Gasteiger partial charge in [-0.25, -0.2) is 4.98 Å². The number of hydrogen-bond acceptors (Lipinski definition) is 2. The third kappa shape index (κ3) is 4.03. The highest BCUT2D eigenvalue weighted by atomic mass is 16.2. The molecule has 2 N–H and O–H groups in total. The number of hydrogen-bond donors (Lipinski definition) is 2. The Morgan fingerprint density at radius 2 is 1.16 bits per heavy atom. The Bertz CT molecular complexity index is 1240. The third-order valence-electron chi connectivity index (χ3n) is 5.63. The highest BCUT2D eigenvalue weighted by molar-refractivity contribution is 5.88. The van der Waals surface area contributed by atoms with Crippen LogP contribution in [-0.2, 0) is 4.79 Å². The van der Waals surface area contributed by atoms with E-state index >= 15 is 0 Å². The molecular formula is C28H23N3O. The summed E-state index contributed by atoms with van der Waals surface area (Å²) in [5.41, 5.74) is 4.70. The Kier molecular flexibility index (Phi) is 5.50. The van der Waals surface area contributed by atoms with Gasteiger partial charge < -0.3 is 10.3 Å². The summed E-state index contributed by atoms with van der Waals surface area (Å²) in [5.74, 6) is 0.218. The minimum Gasteiger partial charge on any atom is -0.341 e. The number of fused-ring (bicyclic) bond motifs is 1. The van der Waals surface area contributed by atoms with E-state index in [-0.39, 0.29) is 5.91 Å². The molecular weight excluding hydrogens is 394 g/mol. The van der Waals surface area contributed by atoms with Gasteiger partial charge in [0.2, 0.25) is 5.91 Å². The van der Waals surface area contributed by atoms with Crippen LogP contribution >= 0.6 is 0 Å². The van der Waals surface area contributed by atoms with Crippen molar-refractivity contribution in [2.45, 2.75) is 12.0 Å². The van der Waals surface area contributed by atoms with Crippen LogP contribution in [0.2, 0.25) is 0 Å². The van der Waals surface area contributed by atoms with Gasteiger partial charge in [0.25, 0.3) is 0 Å². The average molecular weight is 418 g/mol. The summed E-state index contributed by atoms with van der Waals surface area (Å²) in [7, 11) is 0. The zero-order chi connectivity index (χ0) is 21.8. The predicted octanol–water partition coefficient (Wildman–Crippen LogP) is 5.60. The average Bonchev–Trinajstić information content (AvgIpc) is 3.29. The molecule has 5 aromatic rings. The molecule has 4 nitrogen and oxygen atoms in total. The van der Waals surface area contributed by atoms with Crippen LogP contribution in [0.4, 0.5) is 0 Å². The van der Waals surface area contributed by atoms with Crippen LogP contribution in [0.25, 0.3) is 11.0 Å². The molecule has 156 valence electrons. The van der Waals surface area contributed by atoms with E-state index in [1.807, 2.05) is 115 Å². The van der Waals surface area contributed by atoms with E-state index in [0.29, 0.717) is 5.82 Å². The lowest BCUT2D eigenvalue weighted by molar-refractivity contribution is -0.122. The van der Waals surface area contributed by atoms with E-state index in [1.165, 1.54) is 0 Å². The SMILES string of the molecule is O=C(NC(c1ccccc1)c1nc2ccccc2[nH]1)C(c1ccccc1)c1ccccc1. The Morgan fingerprint density at radius 1 is 0.656 bits per heavy atom. The molecule has 0 aliphatic rings. The minimum absolute atomic E-state index is 0.0725. The summed E-state index contributed by atoms with van der Waals surface area (Å²) < 4.78 is 0. The first kappa shape index (κ1) is 19.8. The van der Waals surface area contributed by atoms with Gasteiger partial charge >= 0.3 is 0 Å². The normalized spacial score (nSPS) is 12.0. The van der Waals surface area contributed by atoms with Crippen LogP contribution in [0.5, 0.6) is 0 Å². The third-order valence-corrected chi connectivity index (χ3v) is 5.63. The minimum atomic E-state index is -0.423. The number of rotatable bonds is 6. The zero-order valence-electron chi connectivity index (χ0n) is 17.5. The first-order chi connectivity index (χ1) is 15.8. The van der Waals surface area contributed by atoms with Crippen molar-refractivity contribution >= 4 is 16.9 Å². The molecule has 0 fully saturated rings. The molecule has 0 saturated heterocycles. The van der Waals surface area contributed by atoms with E-state index in [0.717, 1.165) is 27.7 Å². The summed E-state index contributed by atoms with van der Waals surface area (Å²) in [5, 5.41) is 3.27. The lowest BCUT2D eigenvalue weighted by Gasteiger charge is -2.23. The molecule has 4 heteroatoms. The summed E-state index contributed by atoms with van der Waals surface area (Å²) in [6, 6.07) is 37.2. The zero-order valence-corrected chi connectivity index (χ0v) is 17.5. The topological polar surface area (TPSA) is 57.8 Å². The van der Waals surface area contributed by atoms with Gasteiger partial charge in [-0.15, -0.1) is 0 Å². The predicted molar refractivity (Wildman–Crippen MR) is 127 cm³/mol. The molecule has 1 atom stereocenters. The smallest absolute Gasteiger partial charge is 0.232 e. The quantitative estimate of drug-likeness (QED) is 0.378. The molecule has 0 aliphatic heterocycles. The van der Waals surface area contributed by atoms with Gasteiger partial charge in [-0.3, -0.25) is 4.79 Å².